The molecule has 0 amide bonds. The molecule has 1 N–H and O–H groups in total. The van der Waals surface area contributed by atoms with Crippen LogP contribution in [-0.2, 0) is 10.0 Å². The fourth-order valence-corrected chi connectivity index (χ4v) is 4.33. The van der Waals surface area contributed by atoms with Gasteiger partial charge in [-0.3, -0.25) is 0 Å². The zero-order valence-electron chi connectivity index (χ0n) is 15.9. The third-order valence-electron chi connectivity index (χ3n) is 5.14. The first-order chi connectivity index (χ1) is 13.0. The summed E-state index contributed by atoms with van der Waals surface area (Å²) >= 11 is 0. The summed E-state index contributed by atoms with van der Waals surface area (Å²) in [7, 11) is 1.53. The lowest BCUT2D eigenvalue weighted by Gasteiger charge is -2.33. The van der Waals surface area contributed by atoms with Gasteiger partial charge in [-0.1, -0.05) is 0 Å². The second-order valence-electron chi connectivity index (χ2n) is 6.66. The fourth-order valence-electron chi connectivity index (χ4n) is 3.48. The largest absolute Gasteiger partial charge is 0.493 e. The number of ether oxygens (including phenoxy) is 2. The lowest BCUT2D eigenvalue weighted by atomic mass is 9.94. The molecule has 0 atom stereocenters. The van der Waals surface area contributed by atoms with Crippen molar-refractivity contribution in [2.24, 2.45) is 5.92 Å². The minimum absolute atomic E-state index is 0.182. The fraction of sp³-hybridized carbons (Fsp3) is 0.556. The van der Waals surface area contributed by atoms with E-state index in [1.165, 1.54) is 7.05 Å². The van der Waals surface area contributed by atoms with E-state index in [1.54, 1.807) is 20.5 Å². The van der Waals surface area contributed by atoms with Crippen molar-refractivity contribution < 1.29 is 17.9 Å². The van der Waals surface area contributed by atoms with E-state index in [0.717, 1.165) is 42.7 Å². The molecule has 8 nitrogen and oxygen atoms in total. The number of methoxy groups -OCH3 is 2. The normalized spacial score (nSPS) is 15.9. The van der Waals surface area contributed by atoms with Crippen LogP contribution < -0.4 is 19.1 Å². The van der Waals surface area contributed by atoms with Gasteiger partial charge in [-0.05, 0) is 38.3 Å². The van der Waals surface area contributed by atoms with Gasteiger partial charge in [-0.15, -0.1) is 0 Å². The van der Waals surface area contributed by atoms with Crippen LogP contribution in [0.25, 0.3) is 10.9 Å². The first-order valence-corrected chi connectivity index (χ1v) is 10.7. The lowest BCUT2D eigenvalue weighted by Crippen LogP contribution is -2.35. The van der Waals surface area contributed by atoms with Crippen LogP contribution in [0.1, 0.15) is 19.3 Å². The molecule has 0 radical (unpaired) electrons. The maximum atomic E-state index is 11.6. The first-order valence-electron chi connectivity index (χ1n) is 9.00. The van der Waals surface area contributed by atoms with Crippen molar-refractivity contribution in [1.82, 2.24) is 14.7 Å². The van der Waals surface area contributed by atoms with Crippen LogP contribution >= 0.6 is 0 Å². The van der Waals surface area contributed by atoms with E-state index in [0.29, 0.717) is 23.8 Å². The highest BCUT2D eigenvalue weighted by Gasteiger charge is 2.23. The van der Waals surface area contributed by atoms with Crippen molar-refractivity contribution in [2.75, 3.05) is 45.0 Å². The van der Waals surface area contributed by atoms with Gasteiger partial charge in [0.25, 0.3) is 0 Å². The number of aromatic nitrogens is 2. The van der Waals surface area contributed by atoms with E-state index in [-0.39, 0.29) is 5.75 Å². The molecule has 0 spiro atoms. The molecule has 2 heterocycles. The van der Waals surface area contributed by atoms with Crippen molar-refractivity contribution in [2.45, 2.75) is 19.3 Å². The van der Waals surface area contributed by atoms with Crippen LogP contribution in [0.3, 0.4) is 0 Å². The highest BCUT2D eigenvalue weighted by molar-refractivity contribution is 7.89. The summed E-state index contributed by atoms with van der Waals surface area (Å²) in [5.74, 6) is 2.75. The van der Waals surface area contributed by atoms with Crippen molar-refractivity contribution in [3.63, 3.8) is 0 Å². The Balaban J connectivity index is 1.75. The topological polar surface area (TPSA) is 93.7 Å². The average molecular weight is 394 g/mol. The Morgan fingerprint density at radius 3 is 2.44 bits per heavy atom. The number of nitrogens with one attached hydrogen (secondary N) is 1. The quantitative estimate of drug-likeness (QED) is 0.765. The van der Waals surface area contributed by atoms with Crippen LogP contribution in [0.4, 0.5) is 5.82 Å². The third-order valence-corrected chi connectivity index (χ3v) is 6.53. The minimum atomic E-state index is -3.14. The number of rotatable bonds is 7. The van der Waals surface area contributed by atoms with Crippen LogP contribution in [0, 0.1) is 5.92 Å². The minimum Gasteiger partial charge on any atom is -0.493 e. The molecule has 3 rings (SSSR count). The van der Waals surface area contributed by atoms with Gasteiger partial charge >= 0.3 is 0 Å². The highest BCUT2D eigenvalue weighted by atomic mass is 32.2. The van der Waals surface area contributed by atoms with Crippen LogP contribution in [0.15, 0.2) is 18.5 Å². The molecular weight excluding hydrogens is 368 g/mol. The highest BCUT2D eigenvalue weighted by Crippen LogP contribution is 2.35. The number of sulfonamides is 1. The zero-order valence-corrected chi connectivity index (χ0v) is 16.8. The number of piperidine rings is 1. The number of anilines is 1. The predicted octanol–water partition coefficient (Wildman–Crippen LogP) is 1.80. The zero-order chi connectivity index (χ0) is 19.4. The molecule has 1 aliphatic rings. The van der Waals surface area contributed by atoms with Gasteiger partial charge in [-0.2, -0.15) is 0 Å². The Bertz CT molecular complexity index is 896. The van der Waals surface area contributed by atoms with Gasteiger partial charge in [0.15, 0.2) is 11.5 Å². The van der Waals surface area contributed by atoms with Crippen LogP contribution in [-0.4, -0.2) is 58.5 Å². The van der Waals surface area contributed by atoms with E-state index in [1.807, 2.05) is 12.1 Å². The van der Waals surface area contributed by atoms with Gasteiger partial charge in [0.2, 0.25) is 10.0 Å². The predicted molar refractivity (Wildman–Crippen MR) is 105 cm³/mol. The van der Waals surface area contributed by atoms with Crippen molar-refractivity contribution in [3.05, 3.63) is 18.5 Å². The first kappa shape index (κ1) is 19.6. The number of fused-ring (bicyclic) bond motifs is 1. The Labute approximate surface area is 159 Å². The molecule has 1 aliphatic heterocycles. The van der Waals surface area contributed by atoms with Gasteiger partial charge in [-0.25, -0.2) is 23.1 Å². The van der Waals surface area contributed by atoms with Gasteiger partial charge in [0, 0.05) is 24.5 Å². The third kappa shape index (κ3) is 4.41. The van der Waals surface area contributed by atoms with Gasteiger partial charge < -0.3 is 14.4 Å². The van der Waals surface area contributed by atoms with Crippen molar-refractivity contribution >= 4 is 26.7 Å². The summed E-state index contributed by atoms with van der Waals surface area (Å²) in [6.07, 6.45) is 4.14. The molecule has 1 fully saturated rings. The Hall–Kier alpha value is -2.13. The Kier molecular flexibility index (Phi) is 6.01. The Morgan fingerprint density at radius 2 is 1.81 bits per heavy atom. The molecule has 1 aromatic carbocycles. The van der Waals surface area contributed by atoms with E-state index in [4.69, 9.17) is 9.47 Å². The molecule has 148 valence electrons. The molecule has 27 heavy (non-hydrogen) atoms. The molecule has 2 aromatic rings. The molecule has 0 bridgehead atoms. The van der Waals surface area contributed by atoms with E-state index < -0.39 is 10.0 Å². The smallest absolute Gasteiger partial charge is 0.211 e. The van der Waals surface area contributed by atoms with Crippen molar-refractivity contribution in [3.8, 4) is 11.5 Å². The summed E-state index contributed by atoms with van der Waals surface area (Å²) < 4.78 is 36.4. The number of benzene rings is 1. The molecule has 0 aliphatic carbocycles. The summed E-state index contributed by atoms with van der Waals surface area (Å²) in [5.41, 5.74) is 0.805. The van der Waals surface area contributed by atoms with E-state index in [2.05, 4.69) is 19.6 Å². The summed E-state index contributed by atoms with van der Waals surface area (Å²) in [5, 5.41) is 0.923. The SMILES string of the molecule is CNS(=O)(=O)CCC1CCN(c2ncnc3cc(OC)c(OC)cc23)CC1. The molecular formula is C18H26N4O4S. The summed E-state index contributed by atoms with van der Waals surface area (Å²) in [4.78, 5) is 11.1. The maximum absolute atomic E-state index is 11.6. The molecule has 1 saturated heterocycles. The molecule has 0 unspecified atom stereocenters. The van der Waals surface area contributed by atoms with Crippen LogP contribution in [0.2, 0.25) is 0 Å². The van der Waals surface area contributed by atoms with Crippen LogP contribution in [0.5, 0.6) is 11.5 Å². The summed E-state index contributed by atoms with van der Waals surface area (Å²) in [6, 6.07) is 3.77. The second-order valence-corrected chi connectivity index (χ2v) is 8.71. The second kappa shape index (κ2) is 8.26. The monoisotopic (exact) mass is 394 g/mol. The summed E-state index contributed by atoms with van der Waals surface area (Å²) in [6.45, 7) is 1.68. The standard InChI is InChI=1S/C18H26N4O4S/c1-19-27(23,24)9-6-13-4-7-22(8-5-13)18-14-10-16(25-2)17(26-3)11-15(14)20-12-21-18/h10-13,19H,4-9H2,1-3H3. The number of hydrogen-bond acceptors (Lipinski definition) is 7. The molecule has 0 saturated carbocycles. The van der Waals surface area contributed by atoms with Gasteiger partial charge in [0.05, 0.1) is 25.5 Å². The van der Waals surface area contributed by atoms with E-state index >= 15 is 0 Å². The lowest BCUT2D eigenvalue weighted by molar-refractivity contribution is 0.355. The Morgan fingerprint density at radius 1 is 1.15 bits per heavy atom. The number of nitrogens with zero attached hydrogens (tertiary/aromatic N) is 3. The van der Waals surface area contributed by atoms with Gasteiger partial charge in [0.1, 0.15) is 12.1 Å². The van der Waals surface area contributed by atoms with Crippen molar-refractivity contribution in [1.29, 1.82) is 0 Å². The molecule has 1 aromatic heterocycles. The average Bonchev–Trinajstić information content (AvgIpc) is 2.71. The number of hydrogen-bond donors (Lipinski definition) is 1. The van der Waals surface area contributed by atoms with E-state index in [9.17, 15) is 8.42 Å². The maximum Gasteiger partial charge on any atom is 0.211 e. The molecule has 9 heteroatoms.